The Bertz CT molecular complexity index is 679. The number of hydrogen-bond donors (Lipinski definition) is 1. The standard InChI is InChI=1S/C19H31N3O4S/c1-20-19(21-9-11-25-12-13-27(2,23)24)22-10-8-18(14-22)16-26-15-17-6-4-3-5-7-17/h3-7,18H,8-16H2,1-2H3,(H,20,21). The lowest BCUT2D eigenvalue weighted by atomic mass is 10.1. The fourth-order valence-corrected chi connectivity index (χ4v) is 3.38. The van der Waals surface area contributed by atoms with Gasteiger partial charge in [-0.25, -0.2) is 8.42 Å². The predicted molar refractivity (Wildman–Crippen MR) is 108 cm³/mol. The Morgan fingerprint density at radius 1 is 1.26 bits per heavy atom. The maximum Gasteiger partial charge on any atom is 0.193 e. The third-order valence-corrected chi connectivity index (χ3v) is 5.30. The maximum atomic E-state index is 11.0. The summed E-state index contributed by atoms with van der Waals surface area (Å²) < 4.78 is 33.3. The first-order chi connectivity index (χ1) is 13.0. The lowest BCUT2D eigenvalue weighted by Gasteiger charge is -2.21. The van der Waals surface area contributed by atoms with Gasteiger partial charge in [-0.2, -0.15) is 0 Å². The molecule has 27 heavy (non-hydrogen) atoms. The molecule has 0 bridgehead atoms. The highest BCUT2D eigenvalue weighted by Gasteiger charge is 2.24. The molecule has 1 saturated heterocycles. The van der Waals surface area contributed by atoms with Crippen LogP contribution >= 0.6 is 0 Å². The molecule has 1 aliphatic rings. The number of sulfone groups is 1. The second-order valence-electron chi connectivity index (χ2n) is 6.82. The SMILES string of the molecule is CN=C(NCCOCCS(C)(=O)=O)N1CCC(COCc2ccccc2)C1. The Morgan fingerprint density at radius 2 is 2.04 bits per heavy atom. The molecule has 1 heterocycles. The topological polar surface area (TPSA) is 80.2 Å². The molecule has 1 aromatic carbocycles. The number of nitrogens with zero attached hydrogens (tertiary/aromatic N) is 2. The van der Waals surface area contributed by atoms with Gasteiger partial charge in [0.1, 0.15) is 9.84 Å². The first kappa shape index (κ1) is 21.7. The molecule has 1 fully saturated rings. The molecule has 7 nitrogen and oxygen atoms in total. The number of rotatable bonds is 10. The number of guanidine groups is 1. The van der Waals surface area contributed by atoms with Gasteiger partial charge in [0.25, 0.3) is 0 Å². The number of benzene rings is 1. The number of nitrogens with one attached hydrogen (secondary N) is 1. The van der Waals surface area contributed by atoms with Gasteiger partial charge in [-0.1, -0.05) is 30.3 Å². The van der Waals surface area contributed by atoms with Gasteiger partial charge in [-0.05, 0) is 12.0 Å². The highest BCUT2D eigenvalue weighted by molar-refractivity contribution is 7.90. The van der Waals surface area contributed by atoms with Gasteiger partial charge in [0.2, 0.25) is 0 Å². The summed E-state index contributed by atoms with van der Waals surface area (Å²) in [6.45, 7) is 4.54. The van der Waals surface area contributed by atoms with Gasteiger partial charge < -0.3 is 19.7 Å². The van der Waals surface area contributed by atoms with Crippen molar-refractivity contribution < 1.29 is 17.9 Å². The van der Waals surface area contributed by atoms with Crippen molar-refractivity contribution in [1.29, 1.82) is 0 Å². The molecule has 1 N–H and O–H groups in total. The van der Waals surface area contributed by atoms with Crippen LogP contribution in [0.4, 0.5) is 0 Å². The lowest BCUT2D eigenvalue weighted by molar-refractivity contribution is 0.0906. The zero-order chi connectivity index (χ0) is 19.5. The second-order valence-corrected chi connectivity index (χ2v) is 9.08. The van der Waals surface area contributed by atoms with E-state index in [2.05, 4.69) is 27.3 Å². The Labute approximate surface area is 162 Å². The van der Waals surface area contributed by atoms with E-state index in [-0.39, 0.29) is 12.4 Å². The summed E-state index contributed by atoms with van der Waals surface area (Å²) in [4.78, 5) is 6.56. The van der Waals surface area contributed by atoms with Crippen molar-refractivity contribution in [2.45, 2.75) is 13.0 Å². The largest absolute Gasteiger partial charge is 0.379 e. The van der Waals surface area contributed by atoms with Crippen LogP contribution < -0.4 is 5.32 Å². The summed E-state index contributed by atoms with van der Waals surface area (Å²) in [5, 5.41) is 3.27. The Hall–Kier alpha value is -1.64. The Morgan fingerprint density at radius 3 is 2.74 bits per heavy atom. The zero-order valence-corrected chi connectivity index (χ0v) is 17.1. The molecule has 1 aromatic rings. The first-order valence-corrected chi connectivity index (χ1v) is 11.4. The van der Waals surface area contributed by atoms with Gasteiger partial charge in [0.05, 0.1) is 32.2 Å². The van der Waals surface area contributed by atoms with Crippen LogP contribution in [0.15, 0.2) is 35.3 Å². The highest BCUT2D eigenvalue weighted by Crippen LogP contribution is 2.17. The normalized spacial score (nSPS) is 18.1. The van der Waals surface area contributed by atoms with E-state index in [9.17, 15) is 8.42 Å². The summed E-state index contributed by atoms with van der Waals surface area (Å²) >= 11 is 0. The zero-order valence-electron chi connectivity index (χ0n) is 16.3. The van der Waals surface area contributed by atoms with Crippen LogP contribution in [-0.4, -0.2) is 77.8 Å². The summed E-state index contributed by atoms with van der Waals surface area (Å²) in [6, 6.07) is 10.2. The van der Waals surface area contributed by atoms with Crippen LogP contribution in [0.1, 0.15) is 12.0 Å². The molecular formula is C19H31N3O4S. The van der Waals surface area contributed by atoms with Crippen molar-refractivity contribution in [3.8, 4) is 0 Å². The third-order valence-electron chi connectivity index (χ3n) is 4.39. The average molecular weight is 398 g/mol. The van der Waals surface area contributed by atoms with Crippen molar-refractivity contribution in [3.05, 3.63) is 35.9 Å². The van der Waals surface area contributed by atoms with Crippen molar-refractivity contribution in [2.75, 3.05) is 58.5 Å². The van der Waals surface area contributed by atoms with Crippen molar-refractivity contribution in [2.24, 2.45) is 10.9 Å². The summed E-state index contributed by atoms with van der Waals surface area (Å²) in [5.74, 6) is 1.41. The molecule has 8 heteroatoms. The Kier molecular flexibility index (Phi) is 9.03. The molecule has 0 aliphatic carbocycles. The van der Waals surface area contributed by atoms with E-state index < -0.39 is 9.84 Å². The predicted octanol–water partition coefficient (Wildman–Crippen LogP) is 1.16. The molecule has 0 saturated carbocycles. The van der Waals surface area contributed by atoms with Crippen molar-refractivity contribution >= 4 is 15.8 Å². The van der Waals surface area contributed by atoms with E-state index in [0.717, 1.165) is 32.1 Å². The van der Waals surface area contributed by atoms with E-state index in [0.29, 0.717) is 25.7 Å². The molecule has 0 radical (unpaired) electrons. The Balaban J connectivity index is 1.60. The minimum absolute atomic E-state index is 0.0541. The molecule has 0 aromatic heterocycles. The quantitative estimate of drug-likeness (QED) is 0.363. The molecule has 1 unspecified atom stereocenters. The fraction of sp³-hybridized carbons (Fsp3) is 0.632. The van der Waals surface area contributed by atoms with Crippen LogP contribution in [-0.2, 0) is 25.9 Å². The smallest absolute Gasteiger partial charge is 0.193 e. The van der Waals surface area contributed by atoms with Crippen molar-refractivity contribution in [1.82, 2.24) is 10.2 Å². The minimum atomic E-state index is -2.97. The van der Waals surface area contributed by atoms with E-state index in [1.165, 1.54) is 11.8 Å². The van der Waals surface area contributed by atoms with Crippen LogP contribution in [0.5, 0.6) is 0 Å². The van der Waals surface area contributed by atoms with Crippen LogP contribution in [0.2, 0.25) is 0 Å². The molecule has 0 amide bonds. The molecular weight excluding hydrogens is 366 g/mol. The second kappa shape index (κ2) is 11.3. The van der Waals surface area contributed by atoms with Gasteiger partial charge in [-0.3, -0.25) is 4.99 Å². The van der Waals surface area contributed by atoms with Gasteiger partial charge in [-0.15, -0.1) is 0 Å². The molecule has 1 aliphatic heterocycles. The number of likely N-dealkylation sites (tertiary alicyclic amines) is 1. The summed E-state index contributed by atoms with van der Waals surface area (Å²) in [5.41, 5.74) is 1.20. The lowest BCUT2D eigenvalue weighted by Crippen LogP contribution is -2.41. The number of ether oxygens (including phenoxy) is 2. The summed E-state index contributed by atoms with van der Waals surface area (Å²) in [6.07, 6.45) is 2.30. The molecule has 1 atom stereocenters. The van der Waals surface area contributed by atoms with Crippen LogP contribution in [0, 0.1) is 5.92 Å². The van der Waals surface area contributed by atoms with E-state index in [1.54, 1.807) is 7.05 Å². The minimum Gasteiger partial charge on any atom is -0.379 e. The molecule has 2 rings (SSSR count). The van der Waals surface area contributed by atoms with Crippen LogP contribution in [0.25, 0.3) is 0 Å². The molecule has 0 spiro atoms. The van der Waals surface area contributed by atoms with E-state index in [1.807, 2.05) is 18.2 Å². The van der Waals surface area contributed by atoms with Crippen molar-refractivity contribution in [3.63, 3.8) is 0 Å². The number of hydrogen-bond acceptors (Lipinski definition) is 5. The van der Waals surface area contributed by atoms with Gasteiger partial charge in [0.15, 0.2) is 5.96 Å². The average Bonchev–Trinajstić information content (AvgIpc) is 3.10. The van der Waals surface area contributed by atoms with E-state index >= 15 is 0 Å². The van der Waals surface area contributed by atoms with E-state index in [4.69, 9.17) is 9.47 Å². The summed E-state index contributed by atoms with van der Waals surface area (Å²) in [7, 11) is -1.20. The molecule has 152 valence electrons. The van der Waals surface area contributed by atoms with Gasteiger partial charge >= 0.3 is 0 Å². The first-order valence-electron chi connectivity index (χ1n) is 9.30. The maximum absolute atomic E-state index is 11.0. The van der Waals surface area contributed by atoms with Crippen LogP contribution in [0.3, 0.4) is 0 Å². The fourth-order valence-electron chi connectivity index (χ4n) is 2.96. The third kappa shape index (κ3) is 8.73. The monoisotopic (exact) mass is 397 g/mol. The van der Waals surface area contributed by atoms with Gasteiger partial charge in [0, 0.05) is 38.9 Å². The highest BCUT2D eigenvalue weighted by atomic mass is 32.2. The number of aliphatic imine (C=N–C) groups is 1.